The fourth-order valence-corrected chi connectivity index (χ4v) is 3.75. The molecular weight excluding hydrogens is 414 g/mol. The van der Waals surface area contributed by atoms with Crippen molar-refractivity contribution in [3.05, 3.63) is 70.7 Å². The van der Waals surface area contributed by atoms with Crippen molar-refractivity contribution < 1.29 is 19.4 Å². The Balaban J connectivity index is 1.36. The largest absolute Gasteiger partial charge is 0.378 e. The van der Waals surface area contributed by atoms with Gasteiger partial charge in [0.15, 0.2) is 0 Å². The van der Waals surface area contributed by atoms with Crippen molar-refractivity contribution in [3.63, 3.8) is 0 Å². The van der Waals surface area contributed by atoms with Crippen LogP contribution >= 0.6 is 11.6 Å². The molecule has 0 aliphatic heterocycles. The van der Waals surface area contributed by atoms with Gasteiger partial charge in [-0.3, -0.25) is 4.79 Å². The van der Waals surface area contributed by atoms with Crippen LogP contribution in [0.25, 0.3) is 0 Å². The number of carbonyl (C=O) groups excluding carboxylic acids is 1. The van der Waals surface area contributed by atoms with Crippen LogP contribution < -0.4 is 5.32 Å². The maximum Gasteiger partial charge on any atom is 0.246 e. The van der Waals surface area contributed by atoms with Gasteiger partial charge in [0, 0.05) is 23.0 Å². The summed E-state index contributed by atoms with van der Waals surface area (Å²) >= 11 is 5.98. The van der Waals surface area contributed by atoms with Crippen LogP contribution in [-0.4, -0.2) is 42.5 Å². The Bertz CT molecular complexity index is 908. The van der Waals surface area contributed by atoms with Crippen molar-refractivity contribution in [1.82, 2.24) is 5.32 Å². The molecule has 2 aromatic carbocycles. The second-order valence-corrected chi connectivity index (χ2v) is 8.18. The second kappa shape index (κ2) is 11.9. The Morgan fingerprint density at radius 2 is 1.97 bits per heavy atom. The molecule has 0 heterocycles. The highest BCUT2D eigenvalue weighted by Crippen LogP contribution is 2.28. The summed E-state index contributed by atoms with van der Waals surface area (Å²) in [6.45, 7) is 1.26. The summed E-state index contributed by atoms with van der Waals surface area (Å²) in [5.41, 5.74) is 0.739. The van der Waals surface area contributed by atoms with Gasteiger partial charge in [-0.15, -0.1) is 0 Å². The maximum atomic E-state index is 12.2. The van der Waals surface area contributed by atoms with Crippen LogP contribution in [0.2, 0.25) is 5.02 Å². The molecule has 5 nitrogen and oxygen atoms in total. The molecule has 2 atom stereocenters. The van der Waals surface area contributed by atoms with Crippen LogP contribution in [0.3, 0.4) is 0 Å². The van der Waals surface area contributed by atoms with Gasteiger partial charge >= 0.3 is 0 Å². The lowest BCUT2D eigenvalue weighted by molar-refractivity contribution is -0.127. The molecule has 1 saturated carbocycles. The molecule has 1 amide bonds. The van der Waals surface area contributed by atoms with E-state index in [0.717, 1.165) is 24.0 Å². The molecule has 6 heteroatoms. The molecule has 0 aromatic heterocycles. The lowest BCUT2D eigenvalue weighted by atomic mass is 9.82. The van der Waals surface area contributed by atoms with Crippen LogP contribution in [-0.2, 0) is 20.9 Å². The number of halogens is 1. The van der Waals surface area contributed by atoms with E-state index in [1.165, 1.54) is 0 Å². The number of amides is 1. The van der Waals surface area contributed by atoms with Crippen LogP contribution in [0, 0.1) is 11.8 Å². The predicted octanol–water partition coefficient (Wildman–Crippen LogP) is 3.71. The fraction of sp³-hybridized carbons (Fsp3) is 0.400. The monoisotopic (exact) mass is 441 g/mol. The van der Waals surface area contributed by atoms with E-state index in [2.05, 4.69) is 17.2 Å². The first-order valence-electron chi connectivity index (χ1n) is 10.5. The number of carbonyl (C=O) groups is 1. The van der Waals surface area contributed by atoms with Gasteiger partial charge in [-0.1, -0.05) is 59.8 Å². The van der Waals surface area contributed by atoms with Gasteiger partial charge in [0.1, 0.15) is 12.2 Å². The smallest absolute Gasteiger partial charge is 0.246 e. The van der Waals surface area contributed by atoms with Crippen molar-refractivity contribution in [1.29, 1.82) is 0 Å². The topological polar surface area (TPSA) is 67.8 Å². The summed E-state index contributed by atoms with van der Waals surface area (Å²) in [7, 11) is 0. The van der Waals surface area contributed by atoms with Gasteiger partial charge in [0.2, 0.25) is 5.91 Å². The van der Waals surface area contributed by atoms with E-state index < -0.39 is 5.60 Å². The lowest BCUT2D eigenvalue weighted by Gasteiger charge is -2.33. The Hall–Kier alpha value is -2.36. The Morgan fingerprint density at radius 3 is 2.77 bits per heavy atom. The third kappa shape index (κ3) is 8.35. The molecule has 31 heavy (non-hydrogen) atoms. The molecule has 2 N–H and O–H groups in total. The number of nitrogens with one attached hydrogen (secondary N) is 1. The van der Waals surface area contributed by atoms with Gasteiger partial charge in [-0.2, -0.15) is 0 Å². The minimum absolute atomic E-state index is 0.0299. The summed E-state index contributed by atoms with van der Waals surface area (Å²) in [5.74, 6) is 5.78. The van der Waals surface area contributed by atoms with E-state index in [9.17, 15) is 9.90 Å². The number of ether oxygens (including phenoxy) is 2. The van der Waals surface area contributed by atoms with Crippen molar-refractivity contribution in [2.75, 3.05) is 19.8 Å². The standard InChI is InChI=1S/C25H28ClNO4/c26-22-9-4-8-20(16-22)11-13-25(29)12-5-10-23(17-25)27-24(28)19-31-15-14-30-18-21-6-2-1-3-7-21/h1-4,6-9,16,23,29H,5,10,12,14-15,17-19H2,(H,27,28)/t23-,25+/m0/s1. The summed E-state index contributed by atoms with van der Waals surface area (Å²) in [6, 6.07) is 17.0. The van der Waals surface area contributed by atoms with E-state index >= 15 is 0 Å². The highest BCUT2D eigenvalue weighted by atomic mass is 35.5. The van der Waals surface area contributed by atoms with E-state index in [0.29, 0.717) is 37.7 Å². The normalized spacial score (nSPS) is 20.5. The molecule has 164 valence electrons. The molecule has 1 aliphatic rings. The minimum atomic E-state index is -1.12. The minimum Gasteiger partial charge on any atom is -0.378 e. The van der Waals surface area contributed by atoms with E-state index in [1.54, 1.807) is 12.1 Å². The number of rotatable bonds is 8. The second-order valence-electron chi connectivity index (χ2n) is 7.74. The first-order valence-corrected chi connectivity index (χ1v) is 10.9. The van der Waals surface area contributed by atoms with Crippen LogP contribution in [0.4, 0.5) is 0 Å². The predicted molar refractivity (Wildman–Crippen MR) is 121 cm³/mol. The third-order valence-electron chi connectivity index (χ3n) is 5.07. The molecular formula is C25H28ClNO4. The molecule has 0 bridgehead atoms. The molecule has 0 radical (unpaired) electrons. The SMILES string of the molecule is O=C(COCCOCc1ccccc1)N[C@H]1CCC[C@@](O)(C#Cc2cccc(Cl)c2)C1. The highest BCUT2D eigenvalue weighted by molar-refractivity contribution is 6.30. The summed E-state index contributed by atoms with van der Waals surface area (Å²) < 4.78 is 10.9. The zero-order valence-corrected chi connectivity index (χ0v) is 18.2. The van der Waals surface area contributed by atoms with E-state index in [-0.39, 0.29) is 18.6 Å². The van der Waals surface area contributed by atoms with Gasteiger partial charge in [-0.25, -0.2) is 0 Å². The highest BCUT2D eigenvalue weighted by Gasteiger charge is 2.33. The first-order chi connectivity index (χ1) is 15.0. The van der Waals surface area contributed by atoms with Crippen molar-refractivity contribution >= 4 is 17.5 Å². The lowest BCUT2D eigenvalue weighted by Crippen LogP contribution is -2.46. The molecule has 0 unspecified atom stereocenters. The molecule has 1 fully saturated rings. The molecule has 3 rings (SSSR count). The quantitative estimate of drug-likeness (QED) is 0.484. The Labute approximate surface area is 188 Å². The Morgan fingerprint density at radius 1 is 1.16 bits per heavy atom. The average molecular weight is 442 g/mol. The van der Waals surface area contributed by atoms with Crippen LogP contribution in [0.15, 0.2) is 54.6 Å². The van der Waals surface area contributed by atoms with Crippen LogP contribution in [0.5, 0.6) is 0 Å². The number of hydrogen-bond donors (Lipinski definition) is 2. The van der Waals surface area contributed by atoms with Gasteiger partial charge in [0.25, 0.3) is 0 Å². The van der Waals surface area contributed by atoms with Gasteiger partial charge < -0.3 is 19.9 Å². The zero-order valence-electron chi connectivity index (χ0n) is 17.5. The van der Waals surface area contributed by atoms with Crippen molar-refractivity contribution in [2.45, 2.75) is 43.9 Å². The summed E-state index contributed by atoms with van der Waals surface area (Å²) in [6.07, 6.45) is 2.58. The van der Waals surface area contributed by atoms with E-state index in [1.807, 2.05) is 42.5 Å². The Kier molecular flexibility index (Phi) is 8.93. The molecule has 2 aromatic rings. The maximum absolute atomic E-state index is 12.2. The zero-order chi connectivity index (χ0) is 21.9. The van der Waals surface area contributed by atoms with Gasteiger partial charge in [-0.05, 0) is 43.0 Å². The third-order valence-corrected chi connectivity index (χ3v) is 5.31. The van der Waals surface area contributed by atoms with Crippen molar-refractivity contribution in [3.8, 4) is 11.8 Å². The molecule has 0 spiro atoms. The fourth-order valence-electron chi connectivity index (χ4n) is 3.56. The van der Waals surface area contributed by atoms with Crippen LogP contribution in [0.1, 0.15) is 36.8 Å². The number of benzene rings is 2. The van der Waals surface area contributed by atoms with Crippen molar-refractivity contribution in [2.24, 2.45) is 0 Å². The summed E-state index contributed by atoms with van der Waals surface area (Å²) in [4.78, 5) is 12.2. The van der Waals surface area contributed by atoms with Gasteiger partial charge in [0.05, 0.1) is 19.8 Å². The number of hydrogen-bond acceptors (Lipinski definition) is 4. The first kappa shape index (κ1) is 23.3. The van der Waals surface area contributed by atoms with E-state index in [4.69, 9.17) is 21.1 Å². The molecule has 1 aliphatic carbocycles. The summed E-state index contributed by atoms with van der Waals surface area (Å²) in [5, 5.41) is 14.4. The average Bonchev–Trinajstić information content (AvgIpc) is 2.76. The molecule has 0 saturated heterocycles. The number of aliphatic hydroxyl groups is 1.